The number of nitro benzene ring substituents is 1. The summed E-state index contributed by atoms with van der Waals surface area (Å²) >= 11 is 0.674. The Morgan fingerprint density at radius 1 is 1.15 bits per heavy atom. The molecule has 0 aromatic heterocycles. The number of nitrogens with zero attached hydrogens (tertiary/aromatic N) is 2. The third-order valence-electron chi connectivity index (χ3n) is 3.80. The van der Waals surface area contributed by atoms with Crippen LogP contribution in [0, 0.1) is 10.1 Å². The van der Waals surface area contributed by atoms with Crippen molar-refractivity contribution < 1.29 is 24.4 Å². The van der Waals surface area contributed by atoms with Crippen molar-refractivity contribution in [3.8, 4) is 0 Å². The molecule has 9 heteroatoms. The highest BCUT2D eigenvalue weighted by Gasteiger charge is 2.35. The van der Waals surface area contributed by atoms with E-state index in [1.165, 1.54) is 42.5 Å². The topological polar surface area (TPSA) is 121 Å². The lowest BCUT2D eigenvalue weighted by atomic mass is 10.1. The first-order valence-corrected chi connectivity index (χ1v) is 8.47. The lowest BCUT2D eigenvalue weighted by molar-refractivity contribution is -0.385. The summed E-state index contributed by atoms with van der Waals surface area (Å²) in [4.78, 5) is 47.2. The lowest BCUT2D eigenvalue weighted by Crippen LogP contribution is -2.28. The highest BCUT2D eigenvalue weighted by Crippen LogP contribution is 2.34. The molecule has 1 fully saturated rings. The number of thioether (sulfide) groups is 1. The van der Waals surface area contributed by atoms with E-state index in [0.717, 1.165) is 4.90 Å². The molecule has 1 heterocycles. The molecule has 2 aromatic rings. The zero-order valence-electron chi connectivity index (χ0n) is 13.7. The maximum atomic E-state index is 12.5. The molecular formula is C18H11N2O6S-. The Labute approximate surface area is 157 Å². The Kier molecular flexibility index (Phi) is 5.04. The van der Waals surface area contributed by atoms with Crippen LogP contribution in [0.25, 0.3) is 6.08 Å². The number of rotatable bonds is 5. The third kappa shape index (κ3) is 3.87. The highest BCUT2D eigenvalue weighted by molar-refractivity contribution is 8.18. The van der Waals surface area contributed by atoms with Crippen molar-refractivity contribution in [3.63, 3.8) is 0 Å². The number of carboxylic acids is 1. The van der Waals surface area contributed by atoms with Crippen LogP contribution in [0.1, 0.15) is 21.5 Å². The lowest BCUT2D eigenvalue weighted by Gasteiger charge is -2.13. The Bertz CT molecular complexity index is 1000. The van der Waals surface area contributed by atoms with Crippen LogP contribution in [-0.2, 0) is 11.3 Å². The summed E-state index contributed by atoms with van der Waals surface area (Å²) in [5.41, 5.74) is 0.429. The molecule has 2 amide bonds. The van der Waals surface area contributed by atoms with Crippen LogP contribution in [0.5, 0.6) is 0 Å². The molecule has 0 saturated carbocycles. The number of aromatic carboxylic acids is 1. The van der Waals surface area contributed by atoms with Crippen molar-refractivity contribution >= 4 is 40.6 Å². The number of benzene rings is 2. The van der Waals surface area contributed by atoms with Gasteiger partial charge in [0.05, 0.1) is 27.9 Å². The van der Waals surface area contributed by atoms with Crippen LogP contribution in [0.4, 0.5) is 10.5 Å². The van der Waals surface area contributed by atoms with Gasteiger partial charge in [-0.15, -0.1) is 0 Å². The van der Waals surface area contributed by atoms with Gasteiger partial charge in [-0.2, -0.15) is 0 Å². The molecule has 1 aliphatic rings. The fourth-order valence-electron chi connectivity index (χ4n) is 2.53. The summed E-state index contributed by atoms with van der Waals surface area (Å²) in [5.74, 6) is -1.95. The standard InChI is InChI=1S/C18H12N2O6S/c21-16-15(9-12-5-1-2-7-14(12)20(25)26)27-18(24)19(16)10-11-4-3-6-13(8-11)17(22)23/h1-9H,10H2,(H,22,23)/p-1/b15-9+. The first-order chi connectivity index (χ1) is 12.9. The van der Waals surface area contributed by atoms with E-state index in [9.17, 15) is 29.6 Å². The summed E-state index contributed by atoms with van der Waals surface area (Å²) in [6.07, 6.45) is 1.31. The van der Waals surface area contributed by atoms with E-state index >= 15 is 0 Å². The molecule has 0 aliphatic carbocycles. The van der Waals surface area contributed by atoms with Gasteiger partial charge in [0, 0.05) is 6.07 Å². The molecule has 0 radical (unpaired) electrons. The maximum Gasteiger partial charge on any atom is 0.293 e. The summed E-state index contributed by atoms with van der Waals surface area (Å²) < 4.78 is 0. The van der Waals surface area contributed by atoms with Gasteiger partial charge in [0.1, 0.15) is 0 Å². The molecular weight excluding hydrogens is 372 g/mol. The van der Waals surface area contributed by atoms with E-state index in [1.807, 2.05) is 0 Å². The smallest absolute Gasteiger partial charge is 0.293 e. The van der Waals surface area contributed by atoms with Gasteiger partial charge in [-0.25, -0.2) is 0 Å². The maximum absolute atomic E-state index is 12.5. The highest BCUT2D eigenvalue weighted by atomic mass is 32.2. The molecule has 1 aliphatic heterocycles. The van der Waals surface area contributed by atoms with Crippen molar-refractivity contribution in [3.05, 3.63) is 80.2 Å². The summed E-state index contributed by atoms with van der Waals surface area (Å²) in [6.45, 7) is -0.111. The van der Waals surface area contributed by atoms with Gasteiger partial charge in [0.15, 0.2) is 0 Å². The molecule has 0 atom stereocenters. The predicted octanol–water partition coefficient (Wildman–Crippen LogP) is 2.19. The fraction of sp³-hybridized carbons (Fsp3) is 0.0556. The van der Waals surface area contributed by atoms with Crippen molar-refractivity contribution in [1.29, 1.82) is 0 Å². The monoisotopic (exact) mass is 383 g/mol. The molecule has 8 nitrogen and oxygen atoms in total. The molecule has 0 N–H and O–H groups in total. The second-order valence-corrected chi connectivity index (χ2v) is 6.56. The van der Waals surface area contributed by atoms with Crippen molar-refractivity contribution in [2.75, 3.05) is 0 Å². The molecule has 3 rings (SSSR count). The Balaban J connectivity index is 1.87. The quantitative estimate of drug-likeness (QED) is 0.441. The molecule has 0 unspecified atom stereocenters. The summed E-state index contributed by atoms with van der Waals surface area (Å²) in [5, 5.41) is 21.5. The van der Waals surface area contributed by atoms with Crippen LogP contribution in [-0.4, -0.2) is 26.9 Å². The molecule has 136 valence electrons. The minimum absolute atomic E-state index is 0.0603. The molecule has 1 saturated heterocycles. The van der Waals surface area contributed by atoms with Gasteiger partial charge in [-0.1, -0.05) is 30.3 Å². The number of hydrogen-bond acceptors (Lipinski definition) is 7. The SMILES string of the molecule is O=C([O-])c1cccc(CN2C(=O)S/C(=C/c3ccccc3[N+](=O)[O-])C2=O)c1. The van der Waals surface area contributed by atoms with E-state index in [1.54, 1.807) is 12.1 Å². The van der Waals surface area contributed by atoms with E-state index in [4.69, 9.17) is 0 Å². The van der Waals surface area contributed by atoms with E-state index in [0.29, 0.717) is 17.3 Å². The van der Waals surface area contributed by atoms with E-state index in [-0.39, 0.29) is 28.3 Å². The van der Waals surface area contributed by atoms with Crippen LogP contribution < -0.4 is 5.11 Å². The average Bonchev–Trinajstić information content (AvgIpc) is 2.89. The number of carboxylic acid groups (broad SMARTS) is 1. The van der Waals surface area contributed by atoms with Gasteiger partial charge in [-0.05, 0) is 41.1 Å². The first kappa shape index (κ1) is 18.3. The first-order valence-electron chi connectivity index (χ1n) is 7.66. The normalized spacial score (nSPS) is 15.4. The number of amides is 2. The number of para-hydroxylation sites is 1. The zero-order valence-corrected chi connectivity index (χ0v) is 14.5. The third-order valence-corrected chi connectivity index (χ3v) is 4.70. The number of carbonyl (C=O) groups is 3. The van der Waals surface area contributed by atoms with Gasteiger partial charge in [0.25, 0.3) is 16.8 Å². The van der Waals surface area contributed by atoms with Crippen molar-refractivity contribution in [2.45, 2.75) is 6.54 Å². The Morgan fingerprint density at radius 3 is 2.59 bits per heavy atom. The minimum atomic E-state index is -1.36. The van der Waals surface area contributed by atoms with Crippen LogP contribution >= 0.6 is 11.8 Å². The van der Waals surface area contributed by atoms with Crippen LogP contribution in [0.3, 0.4) is 0 Å². The number of imide groups is 1. The van der Waals surface area contributed by atoms with Crippen molar-refractivity contribution in [1.82, 2.24) is 4.90 Å². The molecule has 2 aromatic carbocycles. The van der Waals surface area contributed by atoms with Gasteiger partial charge < -0.3 is 9.90 Å². The Hall–Kier alpha value is -3.46. The number of carbonyl (C=O) groups excluding carboxylic acids is 3. The van der Waals surface area contributed by atoms with Crippen molar-refractivity contribution in [2.24, 2.45) is 0 Å². The van der Waals surface area contributed by atoms with Gasteiger partial charge in [-0.3, -0.25) is 24.6 Å². The van der Waals surface area contributed by atoms with Crippen LogP contribution in [0.15, 0.2) is 53.4 Å². The zero-order chi connectivity index (χ0) is 19.6. The second-order valence-electron chi connectivity index (χ2n) is 5.57. The minimum Gasteiger partial charge on any atom is -0.545 e. The van der Waals surface area contributed by atoms with E-state index in [2.05, 4.69) is 0 Å². The Morgan fingerprint density at radius 2 is 1.89 bits per heavy atom. The fourth-order valence-corrected chi connectivity index (χ4v) is 3.36. The second kappa shape index (κ2) is 7.42. The molecule has 0 spiro atoms. The average molecular weight is 383 g/mol. The van der Waals surface area contributed by atoms with Gasteiger partial charge in [0.2, 0.25) is 0 Å². The summed E-state index contributed by atoms with van der Waals surface area (Å²) in [7, 11) is 0. The van der Waals surface area contributed by atoms with Gasteiger partial charge >= 0.3 is 0 Å². The number of hydrogen-bond donors (Lipinski definition) is 0. The van der Waals surface area contributed by atoms with E-state index < -0.39 is 22.0 Å². The predicted molar refractivity (Wildman–Crippen MR) is 95.4 cm³/mol. The molecule has 27 heavy (non-hydrogen) atoms. The number of nitro groups is 1. The molecule has 0 bridgehead atoms. The van der Waals surface area contributed by atoms with Crippen LogP contribution in [0.2, 0.25) is 0 Å². The largest absolute Gasteiger partial charge is 0.545 e. The summed E-state index contributed by atoms with van der Waals surface area (Å²) in [6, 6.07) is 11.6.